The Bertz CT molecular complexity index is 1270. The number of rotatable bonds is 6. The third-order valence-corrected chi connectivity index (χ3v) is 5.63. The van der Waals surface area contributed by atoms with Crippen molar-refractivity contribution in [3.63, 3.8) is 0 Å². The van der Waals surface area contributed by atoms with Gasteiger partial charge in [0.15, 0.2) is 5.76 Å². The number of ether oxygens (including phenoxy) is 3. The average Bonchev–Trinajstić information content (AvgIpc) is 3.47. The fourth-order valence-electron chi connectivity index (χ4n) is 4.08. The average molecular weight is 464 g/mol. The van der Waals surface area contributed by atoms with Gasteiger partial charge in [0.25, 0.3) is 0 Å². The largest absolute Gasteiger partial charge is 0.495 e. The number of methoxy groups -OCH3 is 1. The summed E-state index contributed by atoms with van der Waals surface area (Å²) in [6.45, 7) is 5.27. The summed E-state index contributed by atoms with van der Waals surface area (Å²) in [4.78, 5) is 12.0. The second-order valence-corrected chi connectivity index (χ2v) is 7.89. The number of amidine groups is 1. The molecule has 1 fully saturated rings. The highest BCUT2D eigenvalue weighted by molar-refractivity contribution is 6.01. The third-order valence-electron chi connectivity index (χ3n) is 5.63. The first kappa shape index (κ1) is 21.8. The van der Waals surface area contributed by atoms with Gasteiger partial charge in [-0.25, -0.2) is 9.37 Å². The Morgan fingerprint density at radius 3 is 2.85 bits per heavy atom. The van der Waals surface area contributed by atoms with E-state index in [0.29, 0.717) is 48.4 Å². The first-order valence-electron chi connectivity index (χ1n) is 11.0. The Morgan fingerprint density at radius 2 is 2.09 bits per heavy atom. The number of oxime groups is 1. The molecule has 0 aliphatic carbocycles. The lowest BCUT2D eigenvalue weighted by molar-refractivity contribution is -0.00365. The van der Waals surface area contributed by atoms with Gasteiger partial charge in [-0.2, -0.15) is 0 Å². The van der Waals surface area contributed by atoms with Crippen LogP contribution in [0.3, 0.4) is 0 Å². The summed E-state index contributed by atoms with van der Waals surface area (Å²) in [5, 5.41) is 4.26. The Kier molecular flexibility index (Phi) is 5.83. The van der Waals surface area contributed by atoms with Crippen molar-refractivity contribution in [2.75, 3.05) is 26.9 Å². The second kappa shape index (κ2) is 9.09. The van der Waals surface area contributed by atoms with Crippen LogP contribution < -0.4 is 9.47 Å². The normalized spacial score (nSPS) is 18.2. The number of nitrogens with zero attached hydrogens (tertiary/aromatic N) is 4. The van der Waals surface area contributed by atoms with Gasteiger partial charge in [-0.3, -0.25) is 0 Å². The number of morpholine rings is 1. The number of aromatic nitrogens is 2. The molecule has 176 valence electrons. The Morgan fingerprint density at radius 1 is 1.21 bits per heavy atom. The minimum absolute atomic E-state index is 0.361. The molecule has 1 saturated heterocycles. The van der Waals surface area contributed by atoms with Gasteiger partial charge in [0.05, 0.1) is 43.5 Å². The van der Waals surface area contributed by atoms with Crippen molar-refractivity contribution in [1.29, 1.82) is 0 Å². The molecule has 0 radical (unpaired) electrons. The van der Waals surface area contributed by atoms with Gasteiger partial charge < -0.3 is 28.5 Å². The van der Waals surface area contributed by atoms with E-state index < -0.39 is 6.23 Å². The van der Waals surface area contributed by atoms with Gasteiger partial charge in [-0.1, -0.05) is 11.2 Å². The minimum Gasteiger partial charge on any atom is -0.495 e. The van der Waals surface area contributed by atoms with Crippen LogP contribution in [0.15, 0.2) is 59.8 Å². The van der Waals surface area contributed by atoms with E-state index in [1.807, 2.05) is 53.8 Å². The van der Waals surface area contributed by atoms with Crippen LogP contribution in [0.4, 0.5) is 4.39 Å². The molecule has 0 bridgehead atoms. The van der Waals surface area contributed by atoms with E-state index in [1.165, 1.54) is 12.1 Å². The lowest BCUT2D eigenvalue weighted by atomic mass is 10.1. The maximum absolute atomic E-state index is 14.0. The third kappa shape index (κ3) is 4.05. The molecule has 1 aromatic heterocycles. The highest BCUT2D eigenvalue weighted by Gasteiger charge is 2.38. The van der Waals surface area contributed by atoms with Gasteiger partial charge in [-0.05, 0) is 55.8 Å². The maximum atomic E-state index is 14.0. The summed E-state index contributed by atoms with van der Waals surface area (Å²) in [6.07, 6.45) is 4.98. The quantitative estimate of drug-likeness (QED) is 0.537. The number of hydrogen-bond acceptors (Lipinski definition) is 7. The van der Waals surface area contributed by atoms with Crippen LogP contribution in [0, 0.1) is 12.7 Å². The Hall–Kier alpha value is -4.01. The van der Waals surface area contributed by atoms with Crippen LogP contribution in [0.25, 0.3) is 11.8 Å². The fraction of sp³-hybridized carbons (Fsp3) is 0.280. The van der Waals surface area contributed by atoms with Crippen molar-refractivity contribution in [3.05, 3.63) is 77.3 Å². The van der Waals surface area contributed by atoms with E-state index in [4.69, 9.17) is 19.0 Å². The van der Waals surface area contributed by atoms with Crippen LogP contribution in [0.5, 0.6) is 11.5 Å². The summed E-state index contributed by atoms with van der Waals surface area (Å²) in [5.74, 6) is 2.02. The first-order chi connectivity index (χ1) is 16.6. The Labute approximate surface area is 196 Å². The number of hydrogen-bond donors (Lipinski definition) is 0. The molecule has 0 spiro atoms. The lowest BCUT2D eigenvalue weighted by Gasteiger charge is -2.30. The molecule has 2 aromatic carbocycles. The van der Waals surface area contributed by atoms with E-state index >= 15 is 0 Å². The van der Waals surface area contributed by atoms with Crippen LogP contribution in [-0.4, -0.2) is 47.2 Å². The molecule has 3 aromatic rings. The molecule has 3 heterocycles. The van der Waals surface area contributed by atoms with Crippen molar-refractivity contribution >= 4 is 11.9 Å². The zero-order valence-corrected chi connectivity index (χ0v) is 19.2. The first-order valence-corrected chi connectivity index (χ1v) is 11.0. The predicted molar refractivity (Wildman–Crippen MR) is 124 cm³/mol. The zero-order chi connectivity index (χ0) is 23.7. The van der Waals surface area contributed by atoms with Crippen LogP contribution in [-0.2, 0) is 9.57 Å². The molecule has 8 nitrogen and oxygen atoms in total. The number of benzene rings is 2. The minimum atomic E-state index is -0.596. The summed E-state index contributed by atoms with van der Waals surface area (Å²) < 4.78 is 33.2. The smallest absolute Gasteiger partial charge is 0.231 e. The summed E-state index contributed by atoms with van der Waals surface area (Å²) >= 11 is 0. The molecule has 0 N–H and O–H groups in total. The lowest BCUT2D eigenvalue weighted by Crippen LogP contribution is -2.39. The standard InChI is InChI=1S/C25H25FN4O4/c1-4-32-21-8-6-18(26)13-19(21)25-30-9-10-33-23(24(30)28-34-25)12-17-5-7-20(22(11-17)31-3)29-14-16(2)27-15-29/h5-8,11-15,25H,4,9-10H2,1-3H3/b23-12+/t25-/m0/s1. The van der Waals surface area contributed by atoms with Crippen LogP contribution in [0.1, 0.15) is 30.0 Å². The summed E-state index contributed by atoms with van der Waals surface area (Å²) in [6, 6.07) is 10.3. The molecule has 2 aliphatic heterocycles. The monoisotopic (exact) mass is 464 g/mol. The summed E-state index contributed by atoms with van der Waals surface area (Å²) in [7, 11) is 1.63. The molecule has 1 atom stereocenters. The molecule has 0 saturated carbocycles. The van der Waals surface area contributed by atoms with Crippen LogP contribution in [0.2, 0.25) is 0 Å². The number of fused-ring (bicyclic) bond motifs is 1. The van der Waals surface area contributed by atoms with E-state index in [1.54, 1.807) is 19.5 Å². The molecule has 5 rings (SSSR count). The van der Waals surface area contributed by atoms with Crippen molar-refractivity contribution in [2.45, 2.75) is 20.1 Å². The van der Waals surface area contributed by atoms with Gasteiger partial charge in [-0.15, -0.1) is 0 Å². The van der Waals surface area contributed by atoms with Crippen molar-refractivity contribution in [3.8, 4) is 17.2 Å². The highest BCUT2D eigenvalue weighted by atomic mass is 19.1. The van der Waals surface area contributed by atoms with Crippen LogP contribution >= 0.6 is 0 Å². The molecule has 2 aliphatic rings. The van der Waals surface area contributed by atoms with E-state index in [-0.39, 0.29) is 5.82 Å². The topological polar surface area (TPSA) is 70.3 Å². The molecule has 9 heteroatoms. The maximum Gasteiger partial charge on any atom is 0.231 e. The van der Waals surface area contributed by atoms with Crippen molar-refractivity contribution in [2.24, 2.45) is 5.16 Å². The van der Waals surface area contributed by atoms with Crippen molar-refractivity contribution in [1.82, 2.24) is 14.5 Å². The predicted octanol–water partition coefficient (Wildman–Crippen LogP) is 4.44. The number of halogens is 1. The Balaban J connectivity index is 1.43. The molecular formula is C25H25FN4O4. The number of imidazole rings is 1. The van der Waals surface area contributed by atoms with Gasteiger partial charge in [0.1, 0.15) is 23.9 Å². The number of aryl methyl sites for hydroxylation is 1. The molecule has 0 amide bonds. The van der Waals surface area contributed by atoms with Crippen molar-refractivity contribution < 1.29 is 23.4 Å². The molecule has 34 heavy (non-hydrogen) atoms. The van der Waals surface area contributed by atoms with E-state index in [0.717, 1.165) is 16.9 Å². The second-order valence-electron chi connectivity index (χ2n) is 7.89. The summed E-state index contributed by atoms with van der Waals surface area (Å²) in [5.41, 5.74) is 3.26. The van der Waals surface area contributed by atoms with E-state index in [2.05, 4.69) is 10.1 Å². The van der Waals surface area contributed by atoms with E-state index in [9.17, 15) is 4.39 Å². The highest BCUT2D eigenvalue weighted by Crippen LogP contribution is 2.38. The van der Waals surface area contributed by atoms with Gasteiger partial charge >= 0.3 is 0 Å². The molecular weight excluding hydrogens is 439 g/mol. The SMILES string of the molecule is CCOc1ccc(F)cc1[C@@H]1ON=C2/C(=C\c3ccc(-n4cnc(C)c4)c(OC)c3)OCCN21. The molecule has 0 unspecified atom stereocenters. The van der Waals surface area contributed by atoms with Gasteiger partial charge in [0.2, 0.25) is 12.1 Å². The fourth-order valence-corrected chi connectivity index (χ4v) is 4.08. The zero-order valence-electron chi connectivity index (χ0n) is 19.2. The van der Waals surface area contributed by atoms with Gasteiger partial charge in [0, 0.05) is 6.20 Å².